The minimum Gasteiger partial charge on any atom is -0.460 e. The molecule has 0 aliphatic rings. The van der Waals surface area contributed by atoms with Gasteiger partial charge in [0.05, 0.1) is 6.10 Å². The van der Waals surface area contributed by atoms with Crippen molar-refractivity contribution in [1.82, 2.24) is 0 Å². The zero-order valence-electron chi connectivity index (χ0n) is 11.1. The van der Waals surface area contributed by atoms with Crippen LogP contribution in [-0.4, -0.2) is 25.8 Å². The van der Waals surface area contributed by atoms with E-state index in [4.69, 9.17) is 9.47 Å². The average molecular weight is 240 g/mol. The van der Waals surface area contributed by atoms with Gasteiger partial charge in [-0.05, 0) is 19.8 Å². The number of rotatable bonds is 9. The largest absolute Gasteiger partial charge is 0.460 e. The molecule has 0 aromatic heterocycles. The molecule has 1 unspecified atom stereocenters. The van der Waals surface area contributed by atoms with Gasteiger partial charge in [-0.15, -0.1) is 0 Å². The van der Waals surface area contributed by atoms with Crippen LogP contribution < -0.4 is 0 Å². The van der Waals surface area contributed by atoms with E-state index in [1.807, 2.05) is 13.0 Å². The van der Waals surface area contributed by atoms with Gasteiger partial charge in [-0.3, -0.25) is 0 Å². The van der Waals surface area contributed by atoms with E-state index in [0.29, 0.717) is 6.61 Å². The third-order valence-corrected chi connectivity index (χ3v) is 2.32. The van der Waals surface area contributed by atoms with E-state index in [-0.39, 0.29) is 12.1 Å². The topological polar surface area (TPSA) is 35.5 Å². The standard InChI is InChI=1S/C14H24O3/c1-4-5-6-7-8-9-10-11-14(15)17-12-13(2)16-3/h8-11,13H,4-7,12H2,1-3H3. The van der Waals surface area contributed by atoms with Gasteiger partial charge >= 0.3 is 5.97 Å². The maximum atomic E-state index is 11.2. The minimum absolute atomic E-state index is 0.0584. The quantitative estimate of drug-likeness (QED) is 0.268. The van der Waals surface area contributed by atoms with Crippen molar-refractivity contribution in [1.29, 1.82) is 0 Å². The zero-order valence-corrected chi connectivity index (χ0v) is 11.1. The molecular weight excluding hydrogens is 216 g/mol. The molecule has 0 saturated heterocycles. The van der Waals surface area contributed by atoms with E-state index in [0.717, 1.165) is 6.42 Å². The SMILES string of the molecule is CCCCCC=CC=CC(=O)OCC(C)OC. The van der Waals surface area contributed by atoms with Crippen LogP contribution in [0.3, 0.4) is 0 Å². The second-order valence-corrected chi connectivity index (χ2v) is 3.96. The number of unbranched alkanes of at least 4 members (excludes halogenated alkanes) is 3. The van der Waals surface area contributed by atoms with Crippen molar-refractivity contribution in [3.8, 4) is 0 Å². The summed E-state index contributed by atoms with van der Waals surface area (Å²) in [7, 11) is 1.59. The van der Waals surface area contributed by atoms with E-state index in [1.54, 1.807) is 13.2 Å². The van der Waals surface area contributed by atoms with Crippen LogP contribution in [0, 0.1) is 0 Å². The Morgan fingerprint density at radius 3 is 2.71 bits per heavy atom. The molecule has 3 heteroatoms. The van der Waals surface area contributed by atoms with Gasteiger partial charge in [0, 0.05) is 13.2 Å². The molecule has 0 radical (unpaired) electrons. The number of esters is 1. The van der Waals surface area contributed by atoms with E-state index < -0.39 is 0 Å². The van der Waals surface area contributed by atoms with Crippen molar-refractivity contribution < 1.29 is 14.3 Å². The number of allylic oxidation sites excluding steroid dienone is 3. The number of carbonyl (C=O) groups excluding carboxylic acids is 1. The zero-order chi connectivity index (χ0) is 12.9. The molecule has 98 valence electrons. The molecule has 3 nitrogen and oxygen atoms in total. The van der Waals surface area contributed by atoms with Crippen molar-refractivity contribution in [3.63, 3.8) is 0 Å². The van der Waals surface area contributed by atoms with Crippen LogP contribution >= 0.6 is 0 Å². The first-order chi connectivity index (χ1) is 8.20. The highest BCUT2D eigenvalue weighted by molar-refractivity contribution is 5.82. The second kappa shape index (κ2) is 11.4. The maximum Gasteiger partial charge on any atom is 0.330 e. The maximum absolute atomic E-state index is 11.2. The van der Waals surface area contributed by atoms with Gasteiger partial charge in [0.2, 0.25) is 0 Å². The lowest BCUT2D eigenvalue weighted by Gasteiger charge is -2.07. The molecule has 0 rings (SSSR count). The number of methoxy groups -OCH3 is 1. The molecule has 0 aliphatic carbocycles. The first-order valence-electron chi connectivity index (χ1n) is 6.23. The van der Waals surface area contributed by atoms with Gasteiger partial charge in [0.25, 0.3) is 0 Å². The molecule has 0 N–H and O–H groups in total. The Hall–Kier alpha value is -1.09. The van der Waals surface area contributed by atoms with E-state index >= 15 is 0 Å². The van der Waals surface area contributed by atoms with Gasteiger partial charge in [-0.25, -0.2) is 4.79 Å². The van der Waals surface area contributed by atoms with E-state index in [2.05, 4.69) is 13.0 Å². The van der Waals surface area contributed by atoms with Gasteiger partial charge in [0.1, 0.15) is 6.61 Å². The van der Waals surface area contributed by atoms with Crippen LogP contribution in [0.15, 0.2) is 24.3 Å². The molecule has 17 heavy (non-hydrogen) atoms. The monoisotopic (exact) mass is 240 g/mol. The predicted molar refractivity (Wildman–Crippen MR) is 69.9 cm³/mol. The highest BCUT2D eigenvalue weighted by Crippen LogP contribution is 1.99. The Morgan fingerprint density at radius 2 is 2.06 bits per heavy atom. The molecule has 0 saturated carbocycles. The molecule has 0 spiro atoms. The lowest BCUT2D eigenvalue weighted by Crippen LogP contribution is -2.16. The molecule has 0 aromatic carbocycles. The van der Waals surface area contributed by atoms with Crippen LogP contribution in [0.1, 0.15) is 39.5 Å². The smallest absolute Gasteiger partial charge is 0.330 e. The molecule has 0 heterocycles. The number of ether oxygens (including phenoxy) is 2. The summed E-state index contributed by atoms with van der Waals surface area (Å²) in [6.07, 6.45) is 11.8. The molecule has 0 bridgehead atoms. The highest BCUT2D eigenvalue weighted by atomic mass is 16.6. The molecule has 1 atom stereocenters. The average Bonchev–Trinajstić information content (AvgIpc) is 2.34. The van der Waals surface area contributed by atoms with Gasteiger partial charge in [0.15, 0.2) is 0 Å². The Morgan fingerprint density at radius 1 is 1.29 bits per heavy atom. The molecular formula is C14H24O3. The lowest BCUT2D eigenvalue weighted by molar-refractivity contribution is -0.140. The Labute approximate surface area is 104 Å². The number of hydrogen-bond acceptors (Lipinski definition) is 3. The fraction of sp³-hybridized carbons (Fsp3) is 0.643. The fourth-order valence-corrected chi connectivity index (χ4v) is 1.14. The molecule has 0 fully saturated rings. The normalized spacial score (nSPS) is 13.4. The Balaban J connectivity index is 3.59. The van der Waals surface area contributed by atoms with Crippen LogP contribution in [-0.2, 0) is 14.3 Å². The summed E-state index contributed by atoms with van der Waals surface area (Å²) in [6.45, 7) is 4.32. The summed E-state index contributed by atoms with van der Waals surface area (Å²) in [5, 5.41) is 0. The fourth-order valence-electron chi connectivity index (χ4n) is 1.14. The van der Waals surface area contributed by atoms with Crippen molar-refractivity contribution >= 4 is 5.97 Å². The van der Waals surface area contributed by atoms with Crippen LogP contribution in [0.4, 0.5) is 0 Å². The summed E-state index contributed by atoms with van der Waals surface area (Å²) in [5.41, 5.74) is 0. The molecule has 0 aliphatic heterocycles. The minimum atomic E-state index is -0.327. The van der Waals surface area contributed by atoms with Crippen molar-refractivity contribution in [2.24, 2.45) is 0 Å². The Kier molecular flexibility index (Phi) is 10.7. The van der Waals surface area contributed by atoms with Crippen molar-refractivity contribution in [2.45, 2.75) is 45.6 Å². The number of carbonyl (C=O) groups is 1. The number of hydrogen-bond donors (Lipinski definition) is 0. The third-order valence-electron chi connectivity index (χ3n) is 2.32. The predicted octanol–water partition coefficient (Wildman–Crippen LogP) is 3.26. The van der Waals surface area contributed by atoms with Crippen molar-refractivity contribution in [2.75, 3.05) is 13.7 Å². The third kappa shape index (κ3) is 11.2. The van der Waals surface area contributed by atoms with Crippen LogP contribution in [0.5, 0.6) is 0 Å². The lowest BCUT2D eigenvalue weighted by atomic mass is 10.2. The van der Waals surface area contributed by atoms with E-state index in [9.17, 15) is 4.79 Å². The summed E-state index contributed by atoms with van der Waals surface area (Å²) in [6, 6.07) is 0. The summed E-state index contributed by atoms with van der Waals surface area (Å²) >= 11 is 0. The van der Waals surface area contributed by atoms with Crippen LogP contribution in [0.25, 0.3) is 0 Å². The van der Waals surface area contributed by atoms with Crippen molar-refractivity contribution in [3.05, 3.63) is 24.3 Å². The highest BCUT2D eigenvalue weighted by Gasteiger charge is 2.01. The first-order valence-corrected chi connectivity index (χ1v) is 6.23. The van der Waals surface area contributed by atoms with E-state index in [1.165, 1.54) is 25.3 Å². The molecule has 0 aromatic rings. The first kappa shape index (κ1) is 15.9. The Bertz CT molecular complexity index is 244. The van der Waals surface area contributed by atoms with Gasteiger partial charge in [-0.2, -0.15) is 0 Å². The van der Waals surface area contributed by atoms with Crippen LogP contribution in [0.2, 0.25) is 0 Å². The summed E-state index contributed by atoms with van der Waals surface area (Å²) < 4.78 is 9.92. The molecule has 0 amide bonds. The summed E-state index contributed by atoms with van der Waals surface area (Å²) in [4.78, 5) is 11.2. The van der Waals surface area contributed by atoms with Gasteiger partial charge in [-0.1, -0.05) is 38.0 Å². The summed E-state index contributed by atoms with van der Waals surface area (Å²) in [5.74, 6) is -0.327. The second-order valence-electron chi connectivity index (χ2n) is 3.96. The van der Waals surface area contributed by atoms with Gasteiger partial charge < -0.3 is 9.47 Å².